The molecule has 0 saturated heterocycles. The fourth-order valence-electron chi connectivity index (χ4n) is 1.61. The van der Waals surface area contributed by atoms with E-state index in [0.29, 0.717) is 64.0 Å². The van der Waals surface area contributed by atoms with Crippen LogP contribution in [-0.4, -0.2) is 52.2 Å². The molecule has 1 rings (SSSR count). The van der Waals surface area contributed by atoms with E-state index in [2.05, 4.69) is 22.0 Å². The van der Waals surface area contributed by atoms with Crippen LogP contribution >= 0.6 is 28.5 Å². The van der Waals surface area contributed by atoms with Gasteiger partial charge in [0.25, 0.3) is 0 Å². The van der Waals surface area contributed by atoms with Crippen LogP contribution in [0.25, 0.3) is 0 Å². The molecular weight excluding hydrogens is 434 g/mol. The largest absolute Gasteiger partial charge is 0.491 e. The lowest BCUT2D eigenvalue weighted by atomic mass is 10.2. The van der Waals surface area contributed by atoms with Crippen molar-refractivity contribution in [3.63, 3.8) is 0 Å². The highest BCUT2D eigenvalue weighted by Gasteiger charge is 2.07. The molecule has 0 saturated carbocycles. The number of hydrogen-bond donors (Lipinski definition) is 0. The minimum atomic E-state index is -0.349. The first-order chi connectivity index (χ1) is 11.3. The summed E-state index contributed by atoms with van der Waals surface area (Å²) in [6.45, 7) is 5.70. The zero-order valence-electron chi connectivity index (χ0n) is 13.1. The molecule has 0 aliphatic carbocycles. The lowest BCUT2D eigenvalue weighted by Crippen LogP contribution is -2.12. The van der Waals surface area contributed by atoms with Crippen molar-refractivity contribution in [2.24, 2.45) is 0 Å². The third kappa shape index (κ3) is 10.1. The number of carbonyl (C=O) groups is 1. The third-order valence-electron chi connectivity index (χ3n) is 2.60. The van der Waals surface area contributed by atoms with E-state index in [1.807, 2.05) is 0 Å². The smallest absolute Gasteiger partial charge is 0.338 e. The quantitative estimate of drug-likeness (QED) is 0.197. The van der Waals surface area contributed by atoms with E-state index < -0.39 is 0 Å². The molecule has 0 bridgehead atoms. The second-order valence-electron chi connectivity index (χ2n) is 4.25. The zero-order chi connectivity index (χ0) is 16.8. The van der Waals surface area contributed by atoms with Gasteiger partial charge >= 0.3 is 5.97 Å². The molecule has 1 atom stereocenters. The van der Waals surface area contributed by atoms with Crippen LogP contribution in [0.4, 0.5) is 0 Å². The van der Waals surface area contributed by atoms with Gasteiger partial charge < -0.3 is 23.5 Å². The van der Waals surface area contributed by atoms with E-state index in [1.165, 1.54) is 0 Å². The van der Waals surface area contributed by atoms with Crippen molar-refractivity contribution in [3.8, 4) is 5.75 Å². The number of esters is 1. The van der Waals surface area contributed by atoms with Gasteiger partial charge in [-0.1, -0.05) is 6.07 Å². The standard InChI is InChI=1S/C15H22IO6P/c1-2-20-15(17)13-4-3-5-14(12-13)21-10-8-18-6-7-19-9-11-22-23-16/h3-5,12,23H,2,6-11H2,1H3. The molecule has 0 aliphatic heterocycles. The maximum absolute atomic E-state index is 11.6. The Kier molecular flexibility index (Phi) is 12.5. The Hall–Kier alpha value is -0.470. The highest BCUT2D eigenvalue weighted by atomic mass is 127. The first-order valence-electron chi connectivity index (χ1n) is 7.30. The first-order valence-corrected chi connectivity index (χ1v) is 11.3. The van der Waals surface area contributed by atoms with Crippen molar-refractivity contribution in [1.29, 1.82) is 0 Å². The SMILES string of the molecule is CCOC(=O)c1cccc(OCCOCCOCCOPI)c1. The van der Waals surface area contributed by atoms with Gasteiger partial charge in [-0.15, -0.1) is 0 Å². The average molecular weight is 456 g/mol. The number of carbonyl (C=O) groups excluding carboxylic acids is 1. The van der Waals surface area contributed by atoms with Gasteiger partial charge in [0.15, 0.2) is 0 Å². The van der Waals surface area contributed by atoms with E-state index >= 15 is 0 Å². The molecule has 0 radical (unpaired) electrons. The van der Waals surface area contributed by atoms with Crippen molar-refractivity contribution in [2.45, 2.75) is 6.92 Å². The summed E-state index contributed by atoms with van der Waals surface area (Å²) in [5, 5.41) is 0. The van der Waals surface area contributed by atoms with Crippen LogP contribution in [0.2, 0.25) is 0 Å². The van der Waals surface area contributed by atoms with Crippen molar-refractivity contribution >= 4 is 34.5 Å². The Balaban J connectivity index is 2.09. The first kappa shape index (κ1) is 20.6. The summed E-state index contributed by atoms with van der Waals surface area (Å²) in [6.07, 6.45) is 0. The van der Waals surface area contributed by atoms with Crippen molar-refractivity contribution in [3.05, 3.63) is 29.8 Å². The monoisotopic (exact) mass is 456 g/mol. The van der Waals surface area contributed by atoms with Crippen LogP contribution < -0.4 is 4.74 Å². The molecule has 0 aliphatic rings. The van der Waals surface area contributed by atoms with Crippen LogP contribution in [0, 0.1) is 0 Å². The second kappa shape index (κ2) is 13.9. The van der Waals surface area contributed by atoms with E-state index in [9.17, 15) is 4.79 Å². The molecule has 130 valence electrons. The van der Waals surface area contributed by atoms with Crippen LogP contribution in [0.15, 0.2) is 24.3 Å². The minimum Gasteiger partial charge on any atom is -0.491 e. The predicted octanol–water partition coefficient (Wildman–Crippen LogP) is 3.24. The molecule has 0 amide bonds. The third-order valence-corrected chi connectivity index (χ3v) is 3.85. The maximum atomic E-state index is 11.6. The van der Waals surface area contributed by atoms with Crippen LogP contribution in [0.5, 0.6) is 5.75 Å². The fraction of sp³-hybridized carbons (Fsp3) is 0.533. The van der Waals surface area contributed by atoms with E-state index in [-0.39, 0.29) is 5.97 Å². The van der Waals surface area contributed by atoms with Gasteiger partial charge in [0, 0.05) is 0 Å². The Morgan fingerprint density at radius 3 is 2.48 bits per heavy atom. The van der Waals surface area contributed by atoms with Crippen molar-refractivity contribution < 1.29 is 28.3 Å². The van der Waals surface area contributed by atoms with Gasteiger partial charge in [0.1, 0.15) is 12.4 Å². The van der Waals surface area contributed by atoms with Crippen molar-refractivity contribution in [1.82, 2.24) is 0 Å². The van der Waals surface area contributed by atoms with Gasteiger partial charge in [0.05, 0.1) is 51.7 Å². The van der Waals surface area contributed by atoms with Gasteiger partial charge in [-0.25, -0.2) is 4.79 Å². The molecule has 6 nitrogen and oxygen atoms in total. The van der Waals surface area contributed by atoms with E-state index in [4.69, 9.17) is 23.5 Å². The lowest BCUT2D eigenvalue weighted by molar-refractivity contribution is 0.0289. The van der Waals surface area contributed by atoms with Gasteiger partial charge in [-0.2, -0.15) is 0 Å². The normalized spacial score (nSPS) is 11.0. The summed E-state index contributed by atoms with van der Waals surface area (Å²) < 4.78 is 26.4. The highest BCUT2D eigenvalue weighted by molar-refractivity contribution is 14.2. The molecule has 8 heteroatoms. The molecule has 1 unspecified atom stereocenters. The number of hydrogen-bond acceptors (Lipinski definition) is 6. The minimum absolute atomic E-state index is 0.349. The molecule has 0 heterocycles. The van der Waals surface area contributed by atoms with Crippen molar-refractivity contribution in [2.75, 3.05) is 46.2 Å². The van der Waals surface area contributed by atoms with Gasteiger partial charge in [-0.05, 0) is 47.2 Å². The summed E-state index contributed by atoms with van der Waals surface area (Å²) in [7, 11) is 0. The molecule has 23 heavy (non-hydrogen) atoms. The molecule has 0 fully saturated rings. The topological polar surface area (TPSA) is 63.2 Å². The average Bonchev–Trinajstić information content (AvgIpc) is 2.57. The van der Waals surface area contributed by atoms with Crippen LogP contribution in [-0.2, 0) is 18.7 Å². The second-order valence-corrected chi connectivity index (χ2v) is 6.01. The zero-order valence-corrected chi connectivity index (χ0v) is 16.2. The summed E-state index contributed by atoms with van der Waals surface area (Å²) >= 11 is 2.17. The summed E-state index contributed by atoms with van der Waals surface area (Å²) in [6, 6.07) is 6.91. The van der Waals surface area contributed by atoms with Crippen LogP contribution in [0.3, 0.4) is 0 Å². The number of rotatable bonds is 13. The summed E-state index contributed by atoms with van der Waals surface area (Å²) in [5.41, 5.74) is 0.480. The Morgan fingerprint density at radius 1 is 1.09 bits per heavy atom. The molecule has 1 aromatic rings. The molecule has 0 spiro atoms. The van der Waals surface area contributed by atoms with E-state index in [0.717, 1.165) is 0 Å². The summed E-state index contributed by atoms with van der Waals surface area (Å²) in [4.78, 5) is 11.6. The van der Waals surface area contributed by atoms with Gasteiger partial charge in [0.2, 0.25) is 0 Å². The van der Waals surface area contributed by atoms with Crippen LogP contribution in [0.1, 0.15) is 17.3 Å². The number of halogens is 1. The predicted molar refractivity (Wildman–Crippen MR) is 97.8 cm³/mol. The molecular formula is C15H22IO6P. The fourth-order valence-corrected chi connectivity index (χ4v) is 2.43. The Bertz CT molecular complexity index is 446. The molecule has 1 aromatic carbocycles. The lowest BCUT2D eigenvalue weighted by Gasteiger charge is -2.09. The van der Waals surface area contributed by atoms with Gasteiger partial charge in [-0.3, -0.25) is 0 Å². The highest BCUT2D eigenvalue weighted by Crippen LogP contribution is 2.20. The molecule has 0 aromatic heterocycles. The maximum Gasteiger partial charge on any atom is 0.338 e. The number of ether oxygens (including phenoxy) is 4. The Labute approximate surface area is 151 Å². The van der Waals surface area contributed by atoms with E-state index in [1.54, 1.807) is 31.2 Å². The Morgan fingerprint density at radius 2 is 1.78 bits per heavy atom. The summed E-state index contributed by atoms with van der Waals surface area (Å²) in [5.74, 6) is 0.269. The molecule has 0 N–H and O–H groups in total. The number of benzene rings is 1.